The first-order chi connectivity index (χ1) is 11.0. The Labute approximate surface area is 133 Å². The van der Waals surface area contributed by atoms with Crippen LogP contribution in [0.3, 0.4) is 0 Å². The molecule has 0 bridgehead atoms. The van der Waals surface area contributed by atoms with Crippen LogP contribution in [-0.2, 0) is 15.1 Å². The highest BCUT2D eigenvalue weighted by Gasteiger charge is 2.45. The van der Waals surface area contributed by atoms with Crippen molar-refractivity contribution in [3.8, 4) is 0 Å². The molecule has 1 unspecified atom stereocenters. The van der Waals surface area contributed by atoms with Gasteiger partial charge in [0.2, 0.25) is 0 Å². The highest BCUT2D eigenvalue weighted by Crippen LogP contribution is 2.35. The number of amides is 1. The van der Waals surface area contributed by atoms with Gasteiger partial charge in [0.1, 0.15) is 11.4 Å². The lowest BCUT2D eigenvalue weighted by Gasteiger charge is -2.33. The number of halogens is 5. The maximum Gasteiger partial charge on any atom is 0.428 e. The van der Waals surface area contributed by atoms with E-state index in [1.54, 1.807) is 5.32 Å². The zero-order chi connectivity index (χ0) is 18.1. The zero-order valence-corrected chi connectivity index (χ0v) is 12.5. The molecule has 1 aromatic carbocycles. The molecule has 1 heterocycles. The van der Waals surface area contributed by atoms with Crippen LogP contribution in [-0.4, -0.2) is 30.8 Å². The van der Waals surface area contributed by atoms with E-state index in [1.807, 2.05) is 0 Å². The van der Waals surface area contributed by atoms with E-state index in [2.05, 4.69) is 4.99 Å². The lowest BCUT2D eigenvalue weighted by molar-refractivity contribution is -0.183. The number of alkyl halides is 4. The lowest BCUT2D eigenvalue weighted by Crippen LogP contribution is -2.38. The summed E-state index contributed by atoms with van der Waals surface area (Å²) >= 11 is 0. The van der Waals surface area contributed by atoms with Gasteiger partial charge in [0.05, 0.1) is 0 Å². The molecular formula is C14H14F5N3O2. The quantitative estimate of drug-likeness (QED) is 0.822. The average molecular weight is 351 g/mol. The largest absolute Gasteiger partial charge is 0.454 e. The van der Waals surface area contributed by atoms with E-state index in [1.165, 1.54) is 6.92 Å². The Morgan fingerprint density at radius 2 is 2.12 bits per heavy atom. The normalized spacial score (nSPS) is 22.3. The first-order valence-corrected chi connectivity index (χ1v) is 6.83. The average Bonchev–Trinajstić information content (AvgIpc) is 2.47. The fourth-order valence-corrected chi connectivity index (χ4v) is 2.25. The Morgan fingerprint density at radius 3 is 2.71 bits per heavy atom. The van der Waals surface area contributed by atoms with Gasteiger partial charge in [-0.05, 0) is 25.1 Å². The number of rotatable bonds is 3. The van der Waals surface area contributed by atoms with Crippen molar-refractivity contribution in [3.63, 3.8) is 0 Å². The second-order valence-electron chi connectivity index (χ2n) is 5.39. The van der Waals surface area contributed by atoms with Crippen LogP contribution in [0.5, 0.6) is 0 Å². The van der Waals surface area contributed by atoms with Gasteiger partial charge in [-0.2, -0.15) is 13.2 Å². The minimum atomic E-state index is -5.32. The summed E-state index contributed by atoms with van der Waals surface area (Å²) in [4.78, 5) is 15.1. The van der Waals surface area contributed by atoms with E-state index in [9.17, 15) is 26.7 Å². The molecule has 24 heavy (non-hydrogen) atoms. The number of hydrogen-bond donors (Lipinski definition) is 2. The second-order valence-corrected chi connectivity index (χ2v) is 5.39. The number of anilines is 1. The summed E-state index contributed by atoms with van der Waals surface area (Å²) in [6.07, 6.45) is -8.75. The second kappa shape index (κ2) is 6.25. The molecule has 0 fully saturated rings. The number of nitrogens with two attached hydrogens (primary N) is 1. The van der Waals surface area contributed by atoms with E-state index < -0.39 is 29.7 Å². The van der Waals surface area contributed by atoms with E-state index >= 15 is 0 Å². The lowest BCUT2D eigenvalue weighted by atomic mass is 9.90. The molecule has 132 valence electrons. The molecule has 0 aliphatic carbocycles. The van der Waals surface area contributed by atoms with Crippen molar-refractivity contribution in [3.05, 3.63) is 29.6 Å². The number of nitrogens with zero attached hydrogens (tertiary/aromatic N) is 1. The Balaban J connectivity index is 2.26. The fourth-order valence-electron chi connectivity index (χ4n) is 2.25. The number of carbonyl (C=O) groups excluding carboxylic acids is 1. The topological polar surface area (TPSA) is 76.7 Å². The van der Waals surface area contributed by atoms with Crippen LogP contribution < -0.4 is 11.1 Å². The fraction of sp³-hybridized carbons (Fsp3) is 0.429. The van der Waals surface area contributed by atoms with E-state index in [4.69, 9.17) is 10.5 Å². The van der Waals surface area contributed by atoms with Gasteiger partial charge in [0, 0.05) is 24.2 Å². The number of amidine groups is 1. The van der Waals surface area contributed by atoms with Gasteiger partial charge in [0.15, 0.2) is 0 Å². The van der Waals surface area contributed by atoms with Gasteiger partial charge >= 0.3 is 6.18 Å². The van der Waals surface area contributed by atoms with Crippen molar-refractivity contribution >= 4 is 17.6 Å². The van der Waals surface area contributed by atoms with Crippen molar-refractivity contribution in [2.75, 3.05) is 11.9 Å². The third kappa shape index (κ3) is 3.74. The Hall–Kier alpha value is -2.39. The van der Waals surface area contributed by atoms with Crippen LogP contribution in [0.4, 0.5) is 27.6 Å². The van der Waals surface area contributed by atoms with Gasteiger partial charge in [-0.1, -0.05) is 0 Å². The summed E-state index contributed by atoms with van der Waals surface area (Å²) in [5, 5.41) is 1.77. The number of carbonyl (C=O) groups is 1. The number of aliphatic imine (C=N–C) groups is 1. The number of nitrogens with one attached hydrogen (secondary N) is 1. The molecular weight excluding hydrogens is 337 g/mol. The molecule has 2 atom stereocenters. The Kier molecular flexibility index (Phi) is 4.68. The summed E-state index contributed by atoms with van der Waals surface area (Å²) in [5.41, 5.74) is 4.01. The van der Waals surface area contributed by atoms with Crippen LogP contribution in [0, 0.1) is 5.82 Å². The molecule has 5 nitrogen and oxygen atoms in total. The molecule has 0 saturated carbocycles. The van der Waals surface area contributed by atoms with Gasteiger partial charge in [-0.25, -0.2) is 13.8 Å². The monoisotopic (exact) mass is 351 g/mol. The number of benzene rings is 1. The van der Waals surface area contributed by atoms with E-state index in [0.717, 1.165) is 18.2 Å². The van der Waals surface area contributed by atoms with Crippen LogP contribution in [0.1, 0.15) is 18.9 Å². The van der Waals surface area contributed by atoms with E-state index in [-0.39, 0.29) is 30.2 Å². The summed E-state index contributed by atoms with van der Waals surface area (Å²) in [5.74, 6) is -2.60. The Morgan fingerprint density at radius 1 is 1.46 bits per heavy atom. The third-order valence-electron chi connectivity index (χ3n) is 3.51. The third-order valence-corrected chi connectivity index (χ3v) is 3.51. The zero-order valence-electron chi connectivity index (χ0n) is 12.5. The predicted octanol–water partition coefficient (Wildman–Crippen LogP) is 2.61. The molecule has 0 aromatic heterocycles. The molecule has 1 amide bonds. The predicted molar refractivity (Wildman–Crippen MR) is 75.5 cm³/mol. The summed E-state index contributed by atoms with van der Waals surface area (Å²) < 4.78 is 69.0. The van der Waals surface area contributed by atoms with Gasteiger partial charge < -0.3 is 15.8 Å². The van der Waals surface area contributed by atoms with Crippen LogP contribution >= 0.6 is 0 Å². The molecule has 10 heteroatoms. The molecule has 3 N–H and O–H groups in total. The van der Waals surface area contributed by atoms with E-state index in [0.29, 0.717) is 0 Å². The highest BCUT2D eigenvalue weighted by molar-refractivity contribution is 5.94. The maximum absolute atomic E-state index is 14.1. The smallest absolute Gasteiger partial charge is 0.428 e. The summed E-state index contributed by atoms with van der Waals surface area (Å²) in [7, 11) is 0. The number of hydrogen-bond acceptors (Lipinski definition) is 4. The van der Waals surface area contributed by atoms with Crippen LogP contribution in [0.25, 0.3) is 0 Å². The van der Waals surface area contributed by atoms with Crippen molar-refractivity contribution in [2.24, 2.45) is 10.7 Å². The van der Waals surface area contributed by atoms with Crippen molar-refractivity contribution in [2.45, 2.75) is 31.3 Å². The standard InChI is InChI=1S/C14H14F5N3O2/c1-13(4-5-21-12(20)24-13)8-6-7(2-3-9(8)15)22-11(23)10(16)14(17,18)19/h2-3,6,10H,4-5H2,1H3,(H2,20,21)(H,22,23)/t10?,13-/m0/s1. The Bertz CT molecular complexity index is 677. The molecule has 2 rings (SSSR count). The highest BCUT2D eigenvalue weighted by atomic mass is 19.4. The molecule has 1 aliphatic heterocycles. The van der Waals surface area contributed by atoms with Crippen LogP contribution in [0.2, 0.25) is 0 Å². The van der Waals surface area contributed by atoms with Gasteiger partial charge in [-0.15, -0.1) is 0 Å². The molecule has 0 radical (unpaired) electrons. The van der Waals surface area contributed by atoms with Gasteiger partial charge in [-0.3, -0.25) is 4.79 Å². The van der Waals surface area contributed by atoms with Crippen LogP contribution in [0.15, 0.2) is 23.2 Å². The minimum absolute atomic E-state index is 0.0411. The SMILES string of the molecule is C[C@@]1(c2cc(NC(=O)C(F)C(F)(F)F)ccc2F)CCN=C(N)O1. The first kappa shape index (κ1) is 18.0. The molecule has 1 aliphatic rings. The van der Waals surface area contributed by atoms with Crippen molar-refractivity contribution in [1.82, 2.24) is 0 Å². The molecule has 0 spiro atoms. The molecule has 0 saturated heterocycles. The first-order valence-electron chi connectivity index (χ1n) is 6.83. The number of ether oxygens (including phenoxy) is 1. The van der Waals surface area contributed by atoms with Crippen molar-refractivity contribution < 1.29 is 31.5 Å². The van der Waals surface area contributed by atoms with Gasteiger partial charge in [0.25, 0.3) is 18.1 Å². The summed E-state index contributed by atoms with van der Waals surface area (Å²) in [6, 6.07) is 2.87. The van der Waals surface area contributed by atoms with Crippen molar-refractivity contribution in [1.29, 1.82) is 0 Å². The minimum Gasteiger partial charge on any atom is -0.454 e. The molecule has 1 aromatic rings. The summed E-state index contributed by atoms with van der Waals surface area (Å²) in [6.45, 7) is 1.78. The maximum atomic E-state index is 14.1.